The Bertz CT molecular complexity index is 808. The molecule has 0 bridgehead atoms. The summed E-state index contributed by atoms with van der Waals surface area (Å²) in [6.45, 7) is 0.236. The monoisotopic (exact) mass is 282 g/mol. The van der Waals surface area contributed by atoms with E-state index in [4.69, 9.17) is 4.74 Å². The lowest BCUT2D eigenvalue weighted by molar-refractivity contribution is 0.0692. The van der Waals surface area contributed by atoms with Gasteiger partial charge in [-0.25, -0.2) is 4.79 Å². The molecule has 0 radical (unpaired) electrons. The van der Waals surface area contributed by atoms with Gasteiger partial charge in [0.15, 0.2) is 0 Å². The highest BCUT2D eigenvalue weighted by molar-refractivity contribution is 5.97. The van der Waals surface area contributed by atoms with Crippen molar-refractivity contribution in [2.75, 3.05) is 0 Å². The molecule has 0 saturated carbocycles. The van der Waals surface area contributed by atoms with Crippen molar-refractivity contribution in [3.8, 4) is 5.75 Å². The minimum Gasteiger partial charge on any atom is -0.486 e. The third-order valence-corrected chi connectivity index (χ3v) is 3.22. The van der Waals surface area contributed by atoms with Gasteiger partial charge in [-0.1, -0.05) is 24.3 Å². The second-order valence-corrected chi connectivity index (χ2v) is 4.77. The molecule has 0 unspecified atom stereocenters. The van der Waals surface area contributed by atoms with E-state index in [-0.39, 0.29) is 12.2 Å². The molecule has 1 N–H and O–H groups in total. The minimum atomic E-state index is -1.00. The van der Waals surface area contributed by atoms with Crippen LogP contribution < -0.4 is 4.74 Å². The first kappa shape index (κ1) is 13.2. The Hall–Kier alpha value is -2.82. The number of carboxylic acids is 1. The number of aromatic nitrogens is 2. The van der Waals surface area contributed by atoms with Crippen molar-refractivity contribution in [2.24, 2.45) is 7.05 Å². The molecule has 21 heavy (non-hydrogen) atoms. The quantitative estimate of drug-likeness (QED) is 0.799. The molecule has 0 saturated heterocycles. The highest BCUT2D eigenvalue weighted by atomic mass is 16.5. The van der Waals surface area contributed by atoms with Gasteiger partial charge in [-0.15, -0.1) is 0 Å². The van der Waals surface area contributed by atoms with E-state index in [1.54, 1.807) is 16.8 Å². The van der Waals surface area contributed by atoms with E-state index in [0.29, 0.717) is 5.75 Å². The number of carboxylic acid groups (broad SMARTS) is 1. The van der Waals surface area contributed by atoms with E-state index in [1.165, 1.54) is 0 Å². The van der Waals surface area contributed by atoms with Crippen molar-refractivity contribution in [3.63, 3.8) is 0 Å². The van der Waals surface area contributed by atoms with Crippen LogP contribution in [0.2, 0.25) is 0 Å². The molecule has 3 aromatic rings. The molecule has 3 rings (SSSR count). The fourth-order valence-electron chi connectivity index (χ4n) is 2.20. The topological polar surface area (TPSA) is 64.3 Å². The number of hydrogen-bond acceptors (Lipinski definition) is 3. The first-order valence-electron chi connectivity index (χ1n) is 6.51. The lowest BCUT2D eigenvalue weighted by Gasteiger charge is -2.09. The number of benzene rings is 2. The number of fused-ring (bicyclic) bond motifs is 1. The summed E-state index contributed by atoms with van der Waals surface area (Å²) in [6, 6.07) is 12.8. The van der Waals surface area contributed by atoms with Crippen molar-refractivity contribution < 1.29 is 14.6 Å². The van der Waals surface area contributed by atoms with Crippen molar-refractivity contribution in [3.05, 3.63) is 59.9 Å². The Kier molecular flexibility index (Phi) is 3.31. The zero-order chi connectivity index (χ0) is 14.8. The summed E-state index contributed by atoms with van der Waals surface area (Å²) in [4.78, 5) is 11.4. The number of ether oxygens (including phenoxy) is 1. The highest BCUT2D eigenvalue weighted by Gasteiger charge is 2.13. The zero-order valence-corrected chi connectivity index (χ0v) is 11.5. The van der Waals surface area contributed by atoms with Gasteiger partial charge < -0.3 is 9.84 Å². The van der Waals surface area contributed by atoms with Crippen LogP contribution in [0.5, 0.6) is 5.75 Å². The molecule has 0 aliphatic carbocycles. The van der Waals surface area contributed by atoms with E-state index in [0.717, 1.165) is 16.5 Å². The summed E-state index contributed by atoms with van der Waals surface area (Å²) in [5, 5.41) is 15.4. The third kappa shape index (κ3) is 2.72. The van der Waals surface area contributed by atoms with Gasteiger partial charge in [-0.3, -0.25) is 4.68 Å². The van der Waals surface area contributed by atoms with Gasteiger partial charge >= 0.3 is 5.97 Å². The van der Waals surface area contributed by atoms with E-state index in [1.807, 2.05) is 43.6 Å². The van der Waals surface area contributed by atoms with Crippen LogP contribution in [0.3, 0.4) is 0 Å². The summed E-state index contributed by atoms with van der Waals surface area (Å²) in [5.74, 6) is -0.649. The van der Waals surface area contributed by atoms with Crippen molar-refractivity contribution in [2.45, 2.75) is 6.61 Å². The highest BCUT2D eigenvalue weighted by Crippen LogP contribution is 2.26. The van der Waals surface area contributed by atoms with Gasteiger partial charge in [-0.05, 0) is 29.0 Å². The lowest BCUT2D eigenvalue weighted by Crippen LogP contribution is -2.04. The number of aromatic carboxylic acids is 1. The van der Waals surface area contributed by atoms with Crippen LogP contribution >= 0.6 is 0 Å². The van der Waals surface area contributed by atoms with E-state index in [9.17, 15) is 9.90 Å². The molecule has 0 aliphatic heterocycles. The molecule has 0 fully saturated rings. The second kappa shape index (κ2) is 5.28. The molecule has 5 heteroatoms. The maximum Gasteiger partial charge on any atom is 0.339 e. The minimum absolute atomic E-state index is 0.157. The molecule has 0 spiro atoms. The van der Waals surface area contributed by atoms with Gasteiger partial charge in [0.05, 0.1) is 5.69 Å². The first-order chi connectivity index (χ1) is 10.1. The SMILES string of the molecule is Cn1ccc(COc2cc3ccccc3cc2C(=O)O)n1. The molecule has 106 valence electrons. The lowest BCUT2D eigenvalue weighted by atomic mass is 10.1. The Morgan fingerprint density at radius 3 is 2.57 bits per heavy atom. The average molecular weight is 282 g/mol. The summed E-state index contributed by atoms with van der Waals surface area (Å²) in [5.41, 5.74) is 0.909. The van der Waals surface area contributed by atoms with Gasteiger partial charge in [-0.2, -0.15) is 5.10 Å². The summed E-state index contributed by atoms with van der Waals surface area (Å²) in [7, 11) is 1.82. The number of hydrogen-bond donors (Lipinski definition) is 1. The molecule has 2 aromatic carbocycles. The molecule has 0 atom stereocenters. The Morgan fingerprint density at radius 1 is 1.24 bits per heavy atom. The number of carbonyl (C=O) groups is 1. The van der Waals surface area contributed by atoms with Crippen LogP contribution in [-0.4, -0.2) is 20.9 Å². The van der Waals surface area contributed by atoms with Gasteiger partial charge in [0.2, 0.25) is 0 Å². The van der Waals surface area contributed by atoms with E-state index < -0.39 is 5.97 Å². The van der Waals surface area contributed by atoms with E-state index >= 15 is 0 Å². The molecule has 0 amide bonds. The van der Waals surface area contributed by atoms with Crippen LogP contribution in [-0.2, 0) is 13.7 Å². The zero-order valence-electron chi connectivity index (χ0n) is 11.5. The predicted molar refractivity (Wildman–Crippen MR) is 78.4 cm³/mol. The molecular weight excluding hydrogens is 268 g/mol. The summed E-state index contributed by atoms with van der Waals surface area (Å²) < 4.78 is 7.33. The number of nitrogens with zero attached hydrogens (tertiary/aromatic N) is 2. The van der Waals surface area contributed by atoms with Crippen LogP contribution in [0, 0.1) is 0 Å². The molecule has 0 aliphatic rings. The smallest absolute Gasteiger partial charge is 0.339 e. The Balaban J connectivity index is 1.95. The fraction of sp³-hybridized carbons (Fsp3) is 0.125. The number of aryl methyl sites for hydroxylation is 1. The molecule has 1 aromatic heterocycles. The molecule has 5 nitrogen and oxygen atoms in total. The van der Waals surface area contributed by atoms with Gasteiger partial charge in [0, 0.05) is 13.2 Å². The van der Waals surface area contributed by atoms with Gasteiger partial charge in [0.1, 0.15) is 17.9 Å². The second-order valence-electron chi connectivity index (χ2n) is 4.77. The third-order valence-electron chi connectivity index (χ3n) is 3.22. The maximum atomic E-state index is 11.4. The van der Waals surface area contributed by atoms with Crippen molar-refractivity contribution in [1.29, 1.82) is 0 Å². The predicted octanol–water partition coefficient (Wildman–Crippen LogP) is 2.85. The molecule has 1 heterocycles. The van der Waals surface area contributed by atoms with Crippen LogP contribution in [0.15, 0.2) is 48.7 Å². The largest absolute Gasteiger partial charge is 0.486 e. The average Bonchev–Trinajstić information content (AvgIpc) is 2.89. The Morgan fingerprint density at radius 2 is 1.95 bits per heavy atom. The van der Waals surface area contributed by atoms with Gasteiger partial charge in [0.25, 0.3) is 0 Å². The van der Waals surface area contributed by atoms with Crippen molar-refractivity contribution >= 4 is 16.7 Å². The molecular formula is C16H14N2O3. The maximum absolute atomic E-state index is 11.4. The van der Waals surface area contributed by atoms with Crippen molar-refractivity contribution in [1.82, 2.24) is 9.78 Å². The Labute approximate surface area is 121 Å². The number of rotatable bonds is 4. The standard InChI is InChI=1S/C16H14N2O3/c1-18-7-6-13(17-18)10-21-15-9-12-5-3-2-4-11(12)8-14(15)16(19)20/h2-9H,10H2,1H3,(H,19,20). The summed E-state index contributed by atoms with van der Waals surface area (Å²) in [6.07, 6.45) is 1.82. The fourth-order valence-corrected chi connectivity index (χ4v) is 2.20. The van der Waals surface area contributed by atoms with Crippen LogP contribution in [0.4, 0.5) is 0 Å². The van der Waals surface area contributed by atoms with E-state index in [2.05, 4.69) is 5.10 Å². The summed E-state index contributed by atoms with van der Waals surface area (Å²) >= 11 is 0. The first-order valence-corrected chi connectivity index (χ1v) is 6.51. The van der Waals surface area contributed by atoms with Crippen LogP contribution in [0.25, 0.3) is 10.8 Å². The normalized spacial score (nSPS) is 10.7. The van der Waals surface area contributed by atoms with Crippen LogP contribution in [0.1, 0.15) is 16.1 Å².